The lowest BCUT2D eigenvalue weighted by Crippen LogP contribution is -2.64. The SMILES string of the molecule is OCC1OC(OC2C(CO)OC(O)C(O)C2O)C(O)C(O)C1O.OCCO. The van der Waals surface area contributed by atoms with Gasteiger partial charge in [-0.1, -0.05) is 0 Å². The lowest BCUT2D eigenvalue weighted by atomic mass is 9.97. The van der Waals surface area contributed by atoms with Crippen molar-refractivity contribution in [1.29, 1.82) is 0 Å². The fourth-order valence-corrected chi connectivity index (χ4v) is 2.57. The predicted molar refractivity (Wildman–Crippen MR) is 82.8 cm³/mol. The maximum Gasteiger partial charge on any atom is 0.187 e. The lowest BCUT2D eigenvalue weighted by Gasteiger charge is -2.45. The standard InChI is InChI=1S/C12H22O11.C2H6O2/c13-1-3-5(15)6(16)9(19)12(22-3)23-10-4(2-14)21-11(20)8(18)7(10)17;3-1-2-4/h3-20H,1-2H2;3-4H,1-2H2. The van der Waals surface area contributed by atoms with Gasteiger partial charge in [-0.3, -0.25) is 0 Å². The molecule has 10 N–H and O–H groups in total. The van der Waals surface area contributed by atoms with Gasteiger partial charge in [-0.05, 0) is 0 Å². The molecule has 2 aliphatic rings. The zero-order chi connectivity index (χ0) is 20.7. The van der Waals surface area contributed by atoms with Gasteiger partial charge in [0.25, 0.3) is 0 Å². The Morgan fingerprint density at radius 3 is 1.63 bits per heavy atom. The van der Waals surface area contributed by atoms with Gasteiger partial charge in [-0.25, -0.2) is 0 Å². The molecule has 2 rings (SSSR count). The highest BCUT2D eigenvalue weighted by Crippen LogP contribution is 2.28. The van der Waals surface area contributed by atoms with E-state index in [9.17, 15) is 35.7 Å². The molecule has 0 aliphatic carbocycles. The van der Waals surface area contributed by atoms with E-state index in [2.05, 4.69) is 0 Å². The van der Waals surface area contributed by atoms with Crippen LogP contribution >= 0.6 is 0 Å². The molecule has 13 heteroatoms. The topological polar surface area (TPSA) is 230 Å². The van der Waals surface area contributed by atoms with Crippen LogP contribution in [0, 0.1) is 0 Å². The van der Waals surface area contributed by atoms with Gasteiger partial charge in [0.2, 0.25) is 0 Å². The van der Waals surface area contributed by atoms with Crippen LogP contribution in [0.5, 0.6) is 0 Å². The lowest BCUT2D eigenvalue weighted by molar-refractivity contribution is -0.355. The van der Waals surface area contributed by atoms with Gasteiger partial charge in [0.05, 0.1) is 26.4 Å². The minimum Gasteiger partial charge on any atom is -0.394 e. The minimum atomic E-state index is -1.74. The highest BCUT2D eigenvalue weighted by molar-refractivity contribution is 4.93. The first-order valence-corrected chi connectivity index (χ1v) is 8.21. The molecule has 0 amide bonds. The molecule has 13 nitrogen and oxygen atoms in total. The number of rotatable bonds is 5. The first-order chi connectivity index (χ1) is 12.7. The molecule has 0 bridgehead atoms. The van der Waals surface area contributed by atoms with Crippen LogP contribution in [0.15, 0.2) is 0 Å². The Bertz CT molecular complexity index is 406. The van der Waals surface area contributed by atoms with Crippen molar-refractivity contribution in [3.8, 4) is 0 Å². The molecular formula is C14H28O13. The van der Waals surface area contributed by atoms with Crippen LogP contribution in [0.2, 0.25) is 0 Å². The average molecular weight is 404 g/mol. The Hall–Kier alpha value is -0.520. The molecule has 0 radical (unpaired) electrons. The summed E-state index contributed by atoms with van der Waals surface area (Å²) in [4.78, 5) is 0. The monoisotopic (exact) mass is 404 g/mol. The summed E-state index contributed by atoms with van der Waals surface area (Å²) in [5.41, 5.74) is 0. The van der Waals surface area contributed by atoms with Crippen molar-refractivity contribution in [2.45, 2.75) is 61.4 Å². The quantitative estimate of drug-likeness (QED) is 0.206. The number of aliphatic hydroxyl groups is 10. The first-order valence-electron chi connectivity index (χ1n) is 8.21. The van der Waals surface area contributed by atoms with Crippen LogP contribution in [-0.4, -0.2) is 139 Å². The molecule has 0 aromatic rings. The largest absolute Gasteiger partial charge is 0.394 e. The molecular weight excluding hydrogens is 376 g/mol. The number of hydrogen-bond acceptors (Lipinski definition) is 13. The van der Waals surface area contributed by atoms with Crippen molar-refractivity contribution >= 4 is 0 Å². The maximum absolute atomic E-state index is 9.94. The summed E-state index contributed by atoms with van der Waals surface area (Å²) >= 11 is 0. The summed E-state index contributed by atoms with van der Waals surface area (Å²) < 4.78 is 15.3. The molecule has 2 fully saturated rings. The number of hydrogen-bond donors (Lipinski definition) is 10. The fourth-order valence-electron chi connectivity index (χ4n) is 2.57. The molecule has 2 heterocycles. The van der Waals surface area contributed by atoms with E-state index < -0.39 is 74.6 Å². The summed E-state index contributed by atoms with van der Waals surface area (Å²) in [6.07, 6.45) is -15.6. The molecule has 0 aromatic carbocycles. The maximum atomic E-state index is 9.94. The number of ether oxygens (including phenoxy) is 3. The van der Waals surface area contributed by atoms with Gasteiger partial charge in [0, 0.05) is 0 Å². The summed E-state index contributed by atoms with van der Waals surface area (Å²) in [6.45, 7) is -1.60. The third-order valence-corrected chi connectivity index (χ3v) is 4.08. The second kappa shape index (κ2) is 11.5. The fraction of sp³-hybridized carbons (Fsp3) is 1.00. The van der Waals surface area contributed by atoms with E-state index in [-0.39, 0.29) is 13.2 Å². The summed E-state index contributed by atoms with van der Waals surface area (Å²) in [7, 11) is 0. The predicted octanol–water partition coefficient (Wildman–Crippen LogP) is -6.43. The molecule has 10 atom stereocenters. The molecule has 0 aromatic heterocycles. The Balaban J connectivity index is 0.000000828. The molecule has 0 saturated carbocycles. The first kappa shape index (κ1) is 24.5. The highest BCUT2D eigenvalue weighted by atomic mass is 16.7. The summed E-state index contributed by atoms with van der Waals surface area (Å²) in [5.74, 6) is 0. The van der Waals surface area contributed by atoms with Gasteiger partial charge < -0.3 is 65.3 Å². The van der Waals surface area contributed by atoms with Gasteiger partial charge in [0.1, 0.15) is 48.8 Å². The van der Waals surface area contributed by atoms with Crippen molar-refractivity contribution in [2.75, 3.05) is 26.4 Å². The highest BCUT2D eigenvalue weighted by Gasteiger charge is 2.50. The van der Waals surface area contributed by atoms with Crippen molar-refractivity contribution in [2.24, 2.45) is 0 Å². The average Bonchev–Trinajstić information content (AvgIpc) is 2.68. The van der Waals surface area contributed by atoms with Crippen molar-refractivity contribution in [3.63, 3.8) is 0 Å². The van der Waals surface area contributed by atoms with E-state index in [4.69, 9.17) is 29.5 Å². The van der Waals surface area contributed by atoms with Gasteiger partial charge in [-0.15, -0.1) is 0 Å². The Kier molecular flexibility index (Phi) is 10.4. The van der Waals surface area contributed by atoms with Crippen LogP contribution in [-0.2, 0) is 14.2 Å². The third-order valence-electron chi connectivity index (χ3n) is 4.08. The van der Waals surface area contributed by atoms with E-state index in [1.54, 1.807) is 0 Å². The van der Waals surface area contributed by atoms with E-state index in [0.29, 0.717) is 0 Å². The second-order valence-corrected chi connectivity index (χ2v) is 5.97. The molecule has 2 aliphatic heterocycles. The van der Waals surface area contributed by atoms with E-state index >= 15 is 0 Å². The number of aliphatic hydroxyl groups excluding tert-OH is 10. The van der Waals surface area contributed by atoms with E-state index in [0.717, 1.165) is 0 Å². The van der Waals surface area contributed by atoms with Crippen molar-refractivity contribution in [1.82, 2.24) is 0 Å². The molecule has 27 heavy (non-hydrogen) atoms. The van der Waals surface area contributed by atoms with Crippen molar-refractivity contribution in [3.05, 3.63) is 0 Å². The van der Waals surface area contributed by atoms with E-state index in [1.807, 2.05) is 0 Å². The second-order valence-electron chi connectivity index (χ2n) is 5.97. The normalized spacial score (nSPS) is 45.1. The summed E-state index contributed by atoms with van der Waals surface area (Å²) in [5, 5.41) is 91.7. The van der Waals surface area contributed by atoms with Gasteiger partial charge in [-0.2, -0.15) is 0 Å². The summed E-state index contributed by atoms with van der Waals surface area (Å²) in [6, 6.07) is 0. The van der Waals surface area contributed by atoms with Crippen LogP contribution in [0.25, 0.3) is 0 Å². The van der Waals surface area contributed by atoms with Gasteiger partial charge >= 0.3 is 0 Å². The van der Waals surface area contributed by atoms with Crippen molar-refractivity contribution < 1.29 is 65.3 Å². The van der Waals surface area contributed by atoms with Crippen LogP contribution in [0.1, 0.15) is 0 Å². The van der Waals surface area contributed by atoms with Crippen LogP contribution < -0.4 is 0 Å². The molecule has 0 spiro atoms. The molecule has 10 unspecified atom stereocenters. The van der Waals surface area contributed by atoms with Crippen LogP contribution in [0.4, 0.5) is 0 Å². The minimum absolute atomic E-state index is 0.125. The molecule has 2 saturated heterocycles. The Morgan fingerprint density at radius 2 is 1.15 bits per heavy atom. The Morgan fingerprint density at radius 1 is 0.593 bits per heavy atom. The Labute approximate surface area is 154 Å². The van der Waals surface area contributed by atoms with Crippen LogP contribution in [0.3, 0.4) is 0 Å². The third kappa shape index (κ3) is 5.98. The smallest absolute Gasteiger partial charge is 0.187 e. The zero-order valence-corrected chi connectivity index (χ0v) is 14.3. The zero-order valence-electron chi connectivity index (χ0n) is 14.3. The molecule has 162 valence electrons. The van der Waals surface area contributed by atoms with Gasteiger partial charge in [0.15, 0.2) is 12.6 Å². The van der Waals surface area contributed by atoms with E-state index in [1.165, 1.54) is 0 Å².